The van der Waals surface area contributed by atoms with Crippen molar-refractivity contribution >= 4 is 83.5 Å². The summed E-state index contributed by atoms with van der Waals surface area (Å²) in [6.45, 7) is 9.47. The van der Waals surface area contributed by atoms with Crippen molar-refractivity contribution < 1.29 is 0 Å². The summed E-state index contributed by atoms with van der Waals surface area (Å²) in [5.74, 6) is 0. The SMILES string of the molecule is CC1(C)c2cc(-c3ccc(-c4ccccc4)cc3)ccc2-c2ccc(N(c3ccc(-c4ccccc4)cc3)c3ccc(-c4ccccc4)cc3)cc21.CC1(C)c2cc(N(c3ccc(-c4ccccc4)cc3)c3ccc(-c4ccccc4)cc3)ccc2-c2c1ccc1ccccc21.c1ccc(N(c2ccc(-c3cc4c(c5ccccc35)-c3ccccc3C43c4ccccc4-c4ccccc43)cc2)c2cccc3ccccc23)cc1. The molecule has 0 saturated heterocycles. The van der Waals surface area contributed by atoms with E-state index in [2.05, 4.69) is 607 Å². The van der Waals surface area contributed by atoms with Gasteiger partial charge in [-0.3, -0.25) is 0 Å². The Morgan fingerprint density at radius 2 is 0.412 bits per heavy atom. The van der Waals surface area contributed by atoms with Gasteiger partial charge in [0.25, 0.3) is 0 Å². The van der Waals surface area contributed by atoms with Crippen LogP contribution < -0.4 is 14.7 Å². The lowest BCUT2D eigenvalue weighted by atomic mass is 9.70. The molecule has 0 saturated carbocycles. The Morgan fingerprint density at radius 3 is 0.878 bits per heavy atom. The largest absolute Gasteiger partial charge is 0.310 e. The van der Waals surface area contributed by atoms with Gasteiger partial charge in [-0.2, -0.15) is 0 Å². The molecule has 0 radical (unpaired) electrons. The Bertz CT molecular complexity index is 8900. The van der Waals surface area contributed by atoms with Gasteiger partial charge >= 0.3 is 0 Å². The van der Waals surface area contributed by atoms with E-state index in [0.717, 1.165) is 45.5 Å². The molecule has 3 nitrogen and oxygen atoms in total. The van der Waals surface area contributed by atoms with E-state index in [9.17, 15) is 0 Å². The van der Waals surface area contributed by atoms with E-state index < -0.39 is 5.41 Å². The monoisotopic (exact) mass is 1890 g/mol. The summed E-state index contributed by atoms with van der Waals surface area (Å²) in [6.07, 6.45) is 0. The van der Waals surface area contributed by atoms with Crippen molar-refractivity contribution in [3.05, 3.63) is 609 Å². The van der Waals surface area contributed by atoms with Crippen molar-refractivity contribution in [3.63, 3.8) is 0 Å². The van der Waals surface area contributed by atoms with E-state index in [0.29, 0.717) is 0 Å². The maximum absolute atomic E-state index is 2.52. The summed E-state index contributed by atoms with van der Waals surface area (Å²) >= 11 is 0. The highest BCUT2D eigenvalue weighted by Crippen LogP contribution is 2.65. The molecule has 1 spiro atoms. The molecule has 0 aromatic heterocycles. The summed E-state index contributed by atoms with van der Waals surface area (Å²) in [4.78, 5) is 7.16. The van der Waals surface area contributed by atoms with Crippen LogP contribution in [0.25, 0.3) is 155 Å². The van der Waals surface area contributed by atoms with Gasteiger partial charge in [-0.05, 0) is 309 Å². The van der Waals surface area contributed by atoms with Gasteiger partial charge in [0.1, 0.15) is 0 Å². The number of nitrogens with zero attached hydrogens (tertiary/aromatic N) is 3. The van der Waals surface area contributed by atoms with Gasteiger partial charge in [0.05, 0.1) is 11.1 Å². The van der Waals surface area contributed by atoms with Gasteiger partial charge in [-0.25, -0.2) is 0 Å². The number of fused-ring (bicyclic) bond motifs is 21. The first-order chi connectivity index (χ1) is 72.9. The summed E-state index contributed by atoms with van der Waals surface area (Å²) < 4.78 is 0. The minimum absolute atomic E-state index is 0.106. The fraction of sp³-hybridized carbons (Fsp3) is 0.0483. The maximum atomic E-state index is 2.52. The van der Waals surface area contributed by atoms with Crippen molar-refractivity contribution in [2.75, 3.05) is 14.7 Å². The first-order valence-corrected chi connectivity index (χ1v) is 51.6. The number of benzene rings is 24. The van der Waals surface area contributed by atoms with Crippen molar-refractivity contribution in [1.82, 2.24) is 0 Å². The first-order valence-electron chi connectivity index (χ1n) is 51.6. The van der Waals surface area contributed by atoms with Crippen LogP contribution in [-0.2, 0) is 16.2 Å². The highest BCUT2D eigenvalue weighted by molar-refractivity contribution is 6.12. The Morgan fingerprint density at radius 1 is 0.135 bits per heavy atom. The van der Waals surface area contributed by atoms with Crippen molar-refractivity contribution in [2.24, 2.45) is 0 Å². The van der Waals surface area contributed by atoms with Crippen molar-refractivity contribution in [1.29, 1.82) is 0 Å². The number of hydrogen-bond acceptors (Lipinski definition) is 3. The summed E-state index contributed by atoms with van der Waals surface area (Å²) in [6, 6.07) is 206. The van der Waals surface area contributed by atoms with Gasteiger partial charge in [0.2, 0.25) is 0 Å². The molecule has 3 heteroatoms. The predicted molar refractivity (Wildman–Crippen MR) is 625 cm³/mol. The van der Waals surface area contributed by atoms with E-state index in [1.54, 1.807) is 0 Å². The van der Waals surface area contributed by atoms with Gasteiger partial charge < -0.3 is 14.7 Å². The van der Waals surface area contributed by atoms with Crippen LogP contribution in [0, 0.1) is 0 Å². The minimum Gasteiger partial charge on any atom is -0.310 e. The quantitative estimate of drug-likeness (QED) is 0.0955. The summed E-state index contributed by atoms with van der Waals surface area (Å²) in [5.41, 5.74) is 48.4. The minimum atomic E-state index is -0.393. The number of anilines is 9. The number of hydrogen-bond donors (Lipinski definition) is 0. The van der Waals surface area contributed by atoms with E-state index in [-0.39, 0.29) is 10.8 Å². The van der Waals surface area contributed by atoms with Crippen molar-refractivity contribution in [3.8, 4) is 122 Å². The fourth-order valence-electron chi connectivity index (χ4n) is 24.2. The second-order valence-corrected chi connectivity index (χ2v) is 40.4. The van der Waals surface area contributed by atoms with Gasteiger partial charge in [-0.1, -0.05) is 477 Å². The zero-order valence-corrected chi connectivity index (χ0v) is 83.0. The highest BCUT2D eigenvalue weighted by Gasteiger charge is 2.52. The molecule has 0 N–H and O–H groups in total. The zero-order chi connectivity index (χ0) is 99.0. The second kappa shape index (κ2) is 37.3. The fourth-order valence-corrected chi connectivity index (χ4v) is 24.2. The van der Waals surface area contributed by atoms with Gasteiger partial charge in [0, 0.05) is 61.7 Å². The lowest BCUT2D eigenvalue weighted by molar-refractivity contribution is 0.660. The number of rotatable bonds is 16. The average Bonchev–Trinajstić information content (AvgIpc) is 1.50. The first kappa shape index (κ1) is 89.5. The average molecular weight is 1890 g/mol. The van der Waals surface area contributed by atoms with Crippen LogP contribution in [0.5, 0.6) is 0 Å². The topological polar surface area (TPSA) is 9.72 Å². The molecule has 0 fully saturated rings. The Balaban J connectivity index is 0.000000113. The van der Waals surface area contributed by atoms with Gasteiger partial charge in [-0.15, -0.1) is 0 Å². The Kier molecular flexibility index (Phi) is 22.6. The molecule has 24 aromatic carbocycles. The molecule has 0 unspecified atom stereocenters. The zero-order valence-electron chi connectivity index (χ0n) is 83.0. The molecule has 24 aromatic rings. The van der Waals surface area contributed by atoms with E-state index in [1.807, 2.05) is 0 Å². The second-order valence-electron chi connectivity index (χ2n) is 40.4. The van der Waals surface area contributed by atoms with E-state index in [4.69, 9.17) is 0 Å². The maximum Gasteiger partial charge on any atom is 0.0725 e. The Hall–Kier alpha value is -18.5. The van der Waals surface area contributed by atoms with E-state index >= 15 is 0 Å². The summed E-state index contributed by atoms with van der Waals surface area (Å²) in [7, 11) is 0. The molecule has 0 bridgehead atoms. The van der Waals surface area contributed by atoms with Crippen LogP contribution in [0.2, 0.25) is 0 Å². The molecular weight excluding hydrogens is 1780 g/mol. The smallest absolute Gasteiger partial charge is 0.0725 e. The highest BCUT2D eigenvalue weighted by atomic mass is 15.2. The molecule has 0 heterocycles. The third-order valence-corrected chi connectivity index (χ3v) is 31.4. The van der Waals surface area contributed by atoms with Crippen LogP contribution in [-0.4, -0.2) is 0 Å². The van der Waals surface area contributed by atoms with Crippen LogP contribution in [0.15, 0.2) is 564 Å². The molecule has 28 rings (SSSR count). The standard InChI is InChI=1S/C51H33N.C51H39N.C43H33N/c1-2-17-36(18-3-1)52(49-28-14-16-34-15-4-5-19-38(34)49)37-31-29-35(30-32-37)44-33-48-50(42-23-7-6-20-39(42)44)43-24-10-13-27-47(43)51(48)45-25-11-8-21-40(45)41-22-9-12-26-46(41)51;1-51(2)49-34-43(42-20-18-39(19-21-42)36-12-6-3-7-13-36)26-32-47(49)48-33-31-46(35-50(48)51)52(44-27-22-40(23-28-44)37-14-8-4-9-15-37)45-29-24-41(25-30-45)38-16-10-5-11-17-38;1-43(2)40-28-21-34-15-9-10-16-38(34)42(40)39-27-26-37(29-41(39)43)44(35-22-17-32(18-23-35)30-11-5-3-6-12-30)36-24-19-33(20-25-36)31-13-7-4-8-14-31/h1-33H;3-35H,1-2H3;3-29H,1-2H3. The van der Waals surface area contributed by atoms with Crippen molar-refractivity contribution in [2.45, 2.75) is 43.9 Å². The molecule has 700 valence electrons. The Labute approximate surface area is 866 Å². The van der Waals surface area contributed by atoms with E-state index in [1.165, 1.54) is 205 Å². The molecule has 0 aliphatic heterocycles. The molecule has 0 amide bonds. The predicted octanol–water partition coefficient (Wildman–Crippen LogP) is 39.6. The van der Waals surface area contributed by atoms with Gasteiger partial charge in [0.15, 0.2) is 0 Å². The normalized spacial score (nSPS) is 12.9. The van der Waals surface area contributed by atoms with Crippen LogP contribution in [0.1, 0.15) is 72.2 Å². The van der Waals surface area contributed by atoms with Crippen LogP contribution >= 0.6 is 0 Å². The summed E-state index contributed by atoms with van der Waals surface area (Å²) in [5, 5.41) is 7.64. The third-order valence-electron chi connectivity index (χ3n) is 31.4. The molecule has 148 heavy (non-hydrogen) atoms. The number of para-hydroxylation sites is 1. The molecule has 4 aliphatic carbocycles. The lowest BCUT2D eigenvalue weighted by Gasteiger charge is -2.31. The molecule has 4 aliphatic rings. The van der Waals surface area contributed by atoms with Crippen LogP contribution in [0.4, 0.5) is 51.2 Å². The van der Waals surface area contributed by atoms with Crippen LogP contribution in [0.3, 0.4) is 0 Å². The third kappa shape index (κ3) is 15.6. The molecule has 0 atom stereocenters. The lowest BCUT2D eigenvalue weighted by Crippen LogP contribution is -2.25. The molecular formula is C145H105N3.